The number of pyridine rings is 1. The summed E-state index contributed by atoms with van der Waals surface area (Å²) in [7, 11) is 0. The number of hydrogen-bond donors (Lipinski definition) is 1. The van der Waals surface area contributed by atoms with Crippen LogP contribution in [0.4, 0.5) is 5.82 Å². The third-order valence-electron chi connectivity index (χ3n) is 1.86. The van der Waals surface area contributed by atoms with Crippen molar-refractivity contribution in [3.05, 3.63) is 22.8 Å². The fraction of sp³-hybridized carbons (Fsp3) is 0.545. The van der Waals surface area contributed by atoms with E-state index >= 15 is 0 Å². The Labute approximate surface area is 101 Å². The van der Waals surface area contributed by atoms with Gasteiger partial charge in [-0.25, -0.2) is 4.98 Å². The minimum absolute atomic E-state index is 0.764. The van der Waals surface area contributed by atoms with Gasteiger partial charge >= 0.3 is 0 Å². The Kier molecular flexibility index (Phi) is 5.88. The molecule has 1 N–H and O–H groups in total. The lowest BCUT2D eigenvalue weighted by molar-refractivity contribution is 1.09. The van der Waals surface area contributed by atoms with Gasteiger partial charge < -0.3 is 5.32 Å². The summed E-state index contributed by atoms with van der Waals surface area (Å²) < 4.78 is 0. The Morgan fingerprint density at radius 3 is 2.87 bits per heavy atom. The lowest BCUT2D eigenvalue weighted by Crippen LogP contribution is -2.01. The number of anilines is 1. The molecule has 0 saturated heterocycles. The average Bonchev–Trinajstić information content (AvgIpc) is 2.23. The summed E-state index contributed by atoms with van der Waals surface area (Å²) in [6, 6.07) is 3.83. The molecule has 0 spiro atoms. The summed E-state index contributed by atoms with van der Waals surface area (Å²) in [5, 5.41) is 3.95. The molecule has 0 radical (unpaired) electrons. The highest BCUT2D eigenvalue weighted by Gasteiger charge is 2.03. The third kappa shape index (κ3) is 4.31. The normalized spacial score (nSPS) is 10.3. The first kappa shape index (κ1) is 12.7. The Morgan fingerprint density at radius 1 is 1.40 bits per heavy atom. The second-order valence-corrected chi connectivity index (χ2v) is 4.72. The van der Waals surface area contributed by atoms with E-state index in [1.807, 2.05) is 23.9 Å². The highest BCUT2D eigenvalue weighted by molar-refractivity contribution is 7.98. The molecule has 1 rings (SSSR count). The third-order valence-corrected chi connectivity index (χ3v) is 3.38. The molecule has 2 nitrogen and oxygen atoms in total. The molecule has 1 aromatic heterocycles. The first-order valence-electron chi connectivity index (χ1n) is 5.25. The van der Waals surface area contributed by atoms with Gasteiger partial charge in [-0.2, -0.15) is 11.8 Å². The maximum Gasteiger partial charge on any atom is 0.126 e. The first-order chi connectivity index (χ1) is 7.27. The van der Waals surface area contributed by atoms with Gasteiger partial charge in [-0.05, 0) is 31.2 Å². The fourth-order valence-electron chi connectivity index (χ4n) is 1.18. The topological polar surface area (TPSA) is 24.9 Å². The van der Waals surface area contributed by atoms with Crippen molar-refractivity contribution in [3.63, 3.8) is 0 Å². The van der Waals surface area contributed by atoms with E-state index in [0.717, 1.165) is 34.6 Å². The Morgan fingerprint density at radius 2 is 2.20 bits per heavy atom. The number of rotatable bonds is 6. The van der Waals surface area contributed by atoms with Crippen LogP contribution in [-0.2, 0) is 5.75 Å². The molecule has 0 aliphatic heterocycles. The standard InChI is InChI=1S/C11H17ClN2S/c1-3-7-15-8-10-9(12)5-6-11(14-10)13-4-2/h5-6H,3-4,7-8H2,1-2H3,(H,13,14). The monoisotopic (exact) mass is 244 g/mol. The lowest BCUT2D eigenvalue weighted by atomic mass is 10.3. The fourth-order valence-corrected chi connectivity index (χ4v) is 2.28. The van der Waals surface area contributed by atoms with Gasteiger partial charge in [0.15, 0.2) is 0 Å². The van der Waals surface area contributed by atoms with Crippen molar-refractivity contribution in [1.29, 1.82) is 0 Å². The van der Waals surface area contributed by atoms with Crippen LogP contribution in [0.2, 0.25) is 5.02 Å². The molecule has 0 amide bonds. The summed E-state index contributed by atoms with van der Waals surface area (Å²) >= 11 is 7.94. The van der Waals surface area contributed by atoms with Crippen LogP contribution in [0.3, 0.4) is 0 Å². The zero-order valence-electron chi connectivity index (χ0n) is 9.22. The van der Waals surface area contributed by atoms with Crippen LogP contribution in [0.15, 0.2) is 12.1 Å². The molecule has 0 saturated carbocycles. The quantitative estimate of drug-likeness (QED) is 0.771. The molecule has 0 fully saturated rings. The van der Waals surface area contributed by atoms with E-state index in [0.29, 0.717) is 0 Å². The largest absolute Gasteiger partial charge is 0.370 e. The van der Waals surface area contributed by atoms with Crippen molar-refractivity contribution in [2.45, 2.75) is 26.0 Å². The number of nitrogens with one attached hydrogen (secondary N) is 1. The van der Waals surface area contributed by atoms with Crippen LogP contribution in [-0.4, -0.2) is 17.3 Å². The van der Waals surface area contributed by atoms with Crippen molar-refractivity contribution < 1.29 is 0 Å². The van der Waals surface area contributed by atoms with E-state index in [9.17, 15) is 0 Å². The van der Waals surface area contributed by atoms with Crippen LogP contribution in [0.1, 0.15) is 26.0 Å². The van der Waals surface area contributed by atoms with E-state index in [1.54, 1.807) is 0 Å². The zero-order valence-corrected chi connectivity index (χ0v) is 10.8. The van der Waals surface area contributed by atoms with Gasteiger partial charge in [0.05, 0.1) is 10.7 Å². The average molecular weight is 245 g/mol. The van der Waals surface area contributed by atoms with Gasteiger partial charge in [-0.15, -0.1) is 0 Å². The van der Waals surface area contributed by atoms with Gasteiger partial charge in [0.1, 0.15) is 5.82 Å². The van der Waals surface area contributed by atoms with Gasteiger partial charge in [0.2, 0.25) is 0 Å². The Hall–Kier alpha value is -0.410. The molecule has 15 heavy (non-hydrogen) atoms. The maximum atomic E-state index is 6.07. The molecular formula is C11H17ClN2S. The van der Waals surface area contributed by atoms with Gasteiger partial charge in [-0.1, -0.05) is 18.5 Å². The molecule has 0 unspecified atom stereocenters. The highest BCUT2D eigenvalue weighted by Crippen LogP contribution is 2.21. The summed E-state index contributed by atoms with van der Waals surface area (Å²) in [5.41, 5.74) is 0.980. The highest BCUT2D eigenvalue weighted by atomic mass is 35.5. The van der Waals surface area contributed by atoms with Crippen molar-refractivity contribution in [1.82, 2.24) is 4.98 Å². The predicted octanol–water partition coefficient (Wildman–Crippen LogP) is 3.81. The molecular weight excluding hydrogens is 228 g/mol. The number of aromatic nitrogens is 1. The predicted molar refractivity (Wildman–Crippen MR) is 69.9 cm³/mol. The smallest absolute Gasteiger partial charge is 0.126 e. The van der Waals surface area contributed by atoms with Gasteiger partial charge in [0.25, 0.3) is 0 Å². The molecule has 0 atom stereocenters. The molecule has 1 aromatic rings. The van der Waals surface area contributed by atoms with Crippen LogP contribution < -0.4 is 5.32 Å². The summed E-state index contributed by atoms with van der Waals surface area (Å²) in [4.78, 5) is 4.47. The van der Waals surface area contributed by atoms with Gasteiger partial charge in [0, 0.05) is 12.3 Å². The number of nitrogens with zero attached hydrogens (tertiary/aromatic N) is 1. The van der Waals surface area contributed by atoms with E-state index in [1.165, 1.54) is 6.42 Å². The van der Waals surface area contributed by atoms with Crippen LogP contribution >= 0.6 is 23.4 Å². The molecule has 0 bridgehead atoms. The molecule has 0 aliphatic rings. The molecule has 1 heterocycles. The lowest BCUT2D eigenvalue weighted by Gasteiger charge is -2.07. The van der Waals surface area contributed by atoms with Crippen molar-refractivity contribution in [2.24, 2.45) is 0 Å². The van der Waals surface area contributed by atoms with E-state index in [2.05, 4.69) is 24.1 Å². The first-order valence-corrected chi connectivity index (χ1v) is 6.78. The Balaban J connectivity index is 2.63. The zero-order chi connectivity index (χ0) is 11.1. The molecule has 4 heteroatoms. The number of hydrogen-bond acceptors (Lipinski definition) is 3. The second-order valence-electron chi connectivity index (χ2n) is 3.21. The number of halogens is 1. The van der Waals surface area contributed by atoms with Crippen molar-refractivity contribution in [2.75, 3.05) is 17.6 Å². The van der Waals surface area contributed by atoms with Crippen LogP contribution in [0.5, 0.6) is 0 Å². The van der Waals surface area contributed by atoms with Gasteiger partial charge in [-0.3, -0.25) is 0 Å². The van der Waals surface area contributed by atoms with E-state index in [-0.39, 0.29) is 0 Å². The molecule has 0 aliphatic carbocycles. The maximum absolute atomic E-state index is 6.07. The van der Waals surface area contributed by atoms with Crippen LogP contribution in [0, 0.1) is 0 Å². The summed E-state index contributed by atoms with van der Waals surface area (Å²) in [5.74, 6) is 2.96. The van der Waals surface area contributed by atoms with E-state index in [4.69, 9.17) is 11.6 Å². The Bertz CT molecular complexity index is 305. The van der Waals surface area contributed by atoms with Crippen molar-refractivity contribution >= 4 is 29.2 Å². The molecule has 84 valence electrons. The summed E-state index contributed by atoms with van der Waals surface area (Å²) in [6.07, 6.45) is 1.19. The minimum atomic E-state index is 0.764. The van der Waals surface area contributed by atoms with E-state index < -0.39 is 0 Å². The minimum Gasteiger partial charge on any atom is -0.370 e. The molecule has 0 aromatic carbocycles. The number of thioether (sulfide) groups is 1. The van der Waals surface area contributed by atoms with Crippen molar-refractivity contribution in [3.8, 4) is 0 Å². The second kappa shape index (κ2) is 6.96. The SMILES string of the molecule is CCCSCc1nc(NCC)ccc1Cl. The summed E-state index contributed by atoms with van der Waals surface area (Å²) in [6.45, 7) is 5.12. The van der Waals surface area contributed by atoms with Crippen LogP contribution in [0.25, 0.3) is 0 Å².